The summed E-state index contributed by atoms with van der Waals surface area (Å²) in [5.41, 5.74) is 1.58. The highest BCUT2D eigenvalue weighted by molar-refractivity contribution is 6.69. The zero-order chi connectivity index (χ0) is 9.47. The molecule has 0 atom stereocenters. The van der Waals surface area contributed by atoms with E-state index in [2.05, 4.69) is 0 Å². The van der Waals surface area contributed by atoms with Gasteiger partial charge in [0.2, 0.25) is 4.33 Å². The summed E-state index contributed by atoms with van der Waals surface area (Å²) < 4.78 is -1.33. The highest BCUT2D eigenvalue weighted by atomic mass is 35.5. The van der Waals surface area contributed by atoms with E-state index in [0.29, 0.717) is 5.57 Å². The van der Waals surface area contributed by atoms with Crippen LogP contribution in [0.5, 0.6) is 0 Å². The largest absolute Gasteiger partial charge is 0.291 e. The standard InChI is InChI=1S/C10H6Cl2O/c11-10(12)8(6-9(10)13)7-4-2-1-3-5-7/h1-6H. The molecule has 0 aromatic heterocycles. The van der Waals surface area contributed by atoms with Crippen molar-refractivity contribution in [2.75, 3.05) is 0 Å². The van der Waals surface area contributed by atoms with E-state index in [-0.39, 0.29) is 5.78 Å². The normalized spacial score (nSPS) is 19.2. The average molecular weight is 213 g/mol. The number of halogens is 2. The van der Waals surface area contributed by atoms with Crippen molar-refractivity contribution in [1.29, 1.82) is 0 Å². The van der Waals surface area contributed by atoms with Gasteiger partial charge < -0.3 is 0 Å². The Morgan fingerprint density at radius 1 is 1.08 bits per heavy atom. The Morgan fingerprint density at radius 3 is 2.15 bits per heavy atom. The van der Waals surface area contributed by atoms with E-state index in [1.165, 1.54) is 6.08 Å². The Labute approximate surface area is 86.0 Å². The summed E-state index contributed by atoms with van der Waals surface area (Å²) in [5, 5.41) is 0. The van der Waals surface area contributed by atoms with Gasteiger partial charge >= 0.3 is 0 Å². The van der Waals surface area contributed by atoms with Crippen molar-refractivity contribution in [3.05, 3.63) is 42.0 Å². The van der Waals surface area contributed by atoms with Gasteiger partial charge in [0.05, 0.1) is 0 Å². The molecule has 1 aromatic carbocycles. The maximum atomic E-state index is 11.0. The van der Waals surface area contributed by atoms with E-state index in [1.807, 2.05) is 30.3 Å². The zero-order valence-electron chi connectivity index (χ0n) is 6.63. The Bertz CT molecular complexity index is 379. The van der Waals surface area contributed by atoms with Crippen LogP contribution in [0.3, 0.4) is 0 Å². The Hall–Kier alpha value is -0.790. The maximum absolute atomic E-state index is 11.0. The van der Waals surface area contributed by atoms with Crippen molar-refractivity contribution in [2.24, 2.45) is 0 Å². The second-order valence-corrected chi connectivity index (χ2v) is 4.19. The van der Waals surface area contributed by atoms with Crippen LogP contribution in [0.2, 0.25) is 0 Å². The van der Waals surface area contributed by atoms with Gasteiger partial charge in [0.15, 0.2) is 5.78 Å². The zero-order valence-corrected chi connectivity index (χ0v) is 8.14. The number of hydrogen-bond acceptors (Lipinski definition) is 1. The maximum Gasteiger partial charge on any atom is 0.205 e. The monoisotopic (exact) mass is 212 g/mol. The van der Waals surface area contributed by atoms with E-state index < -0.39 is 4.33 Å². The van der Waals surface area contributed by atoms with Crippen LogP contribution in [0.15, 0.2) is 36.4 Å². The number of ketones is 1. The van der Waals surface area contributed by atoms with Gasteiger partial charge in [-0.2, -0.15) is 0 Å². The van der Waals surface area contributed by atoms with Crippen molar-refractivity contribution >= 4 is 34.6 Å². The number of alkyl halides is 2. The van der Waals surface area contributed by atoms with Gasteiger partial charge in [-0.25, -0.2) is 0 Å². The van der Waals surface area contributed by atoms with Gasteiger partial charge in [-0.3, -0.25) is 4.79 Å². The molecular weight excluding hydrogens is 207 g/mol. The molecule has 0 radical (unpaired) electrons. The molecule has 0 fully saturated rings. The van der Waals surface area contributed by atoms with Gasteiger partial charge in [0.1, 0.15) is 0 Å². The molecule has 0 N–H and O–H groups in total. The van der Waals surface area contributed by atoms with Gasteiger partial charge in [0, 0.05) is 5.57 Å². The van der Waals surface area contributed by atoms with Crippen LogP contribution in [-0.2, 0) is 4.79 Å². The Morgan fingerprint density at radius 2 is 1.69 bits per heavy atom. The number of rotatable bonds is 1. The summed E-state index contributed by atoms with van der Waals surface area (Å²) in [6, 6.07) is 9.40. The summed E-state index contributed by atoms with van der Waals surface area (Å²) in [6.07, 6.45) is 1.47. The van der Waals surface area contributed by atoms with Gasteiger partial charge in [-0.15, -0.1) is 0 Å². The molecule has 1 aliphatic rings. The summed E-state index contributed by atoms with van der Waals surface area (Å²) in [7, 11) is 0. The summed E-state index contributed by atoms with van der Waals surface area (Å²) in [4.78, 5) is 11.0. The molecule has 3 heteroatoms. The summed E-state index contributed by atoms with van der Waals surface area (Å²) >= 11 is 11.6. The topological polar surface area (TPSA) is 17.1 Å². The minimum atomic E-state index is -1.33. The lowest BCUT2D eigenvalue weighted by Crippen LogP contribution is -2.34. The molecule has 1 nitrogen and oxygen atoms in total. The number of carbonyl (C=O) groups is 1. The van der Waals surface area contributed by atoms with Crippen LogP contribution < -0.4 is 0 Å². The van der Waals surface area contributed by atoms with Crippen LogP contribution in [-0.4, -0.2) is 10.1 Å². The molecule has 1 aromatic rings. The lowest BCUT2D eigenvalue weighted by atomic mass is 9.89. The molecule has 13 heavy (non-hydrogen) atoms. The van der Waals surface area contributed by atoms with Gasteiger partial charge in [-0.05, 0) is 11.6 Å². The number of benzene rings is 1. The van der Waals surface area contributed by atoms with Gasteiger partial charge in [-0.1, -0.05) is 53.5 Å². The van der Waals surface area contributed by atoms with Crippen molar-refractivity contribution in [1.82, 2.24) is 0 Å². The van der Waals surface area contributed by atoms with Crippen molar-refractivity contribution in [3.8, 4) is 0 Å². The highest BCUT2D eigenvalue weighted by Gasteiger charge is 2.45. The first-order chi connectivity index (χ1) is 6.12. The van der Waals surface area contributed by atoms with Crippen LogP contribution >= 0.6 is 23.2 Å². The summed E-state index contributed by atoms with van der Waals surface area (Å²) in [5.74, 6) is -0.241. The van der Waals surface area contributed by atoms with Crippen LogP contribution in [0.4, 0.5) is 0 Å². The molecule has 0 saturated heterocycles. The lowest BCUT2D eigenvalue weighted by molar-refractivity contribution is -0.115. The molecule has 0 saturated carbocycles. The quantitative estimate of drug-likeness (QED) is 0.655. The second-order valence-electron chi connectivity index (χ2n) is 2.86. The van der Waals surface area contributed by atoms with E-state index in [9.17, 15) is 4.79 Å². The second kappa shape index (κ2) is 2.86. The van der Waals surface area contributed by atoms with Gasteiger partial charge in [0.25, 0.3) is 0 Å². The van der Waals surface area contributed by atoms with Crippen LogP contribution in [0.1, 0.15) is 5.56 Å². The van der Waals surface area contributed by atoms with E-state index >= 15 is 0 Å². The minimum absolute atomic E-state index is 0.241. The predicted molar refractivity (Wildman–Crippen MR) is 53.9 cm³/mol. The molecule has 1 aliphatic carbocycles. The Balaban J connectivity index is 2.42. The highest BCUT2D eigenvalue weighted by Crippen LogP contribution is 2.45. The molecular formula is C10H6Cl2O. The van der Waals surface area contributed by atoms with E-state index in [1.54, 1.807) is 0 Å². The first kappa shape index (κ1) is 8.79. The fourth-order valence-electron chi connectivity index (χ4n) is 1.25. The molecule has 0 aliphatic heterocycles. The predicted octanol–water partition coefficient (Wildman–Crippen LogP) is 2.83. The first-order valence-electron chi connectivity index (χ1n) is 3.82. The Kier molecular flexibility index (Phi) is 1.94. The molecule has 2 rings (SSSR count). The number of allylic oxidation sites excluding steroid dienone is 2. The number of hydrogen-bond donors (Lipinski definition) is 0. The van der Waals surface area contributed by atoms with Crippen LogP contribution in [0, 0.1) is 0 Å². The third-order valence-electron chi connectivity index (χ3n) is 2.01. The molecule has 0 spiro atoms. The average Bonchev–Trinajstić information content (AvgIpc) is 2.15. The molecule has 66 valence electrons. The summed E-state index contributed by atoms with van der Waals surface area (Å²) in [6.45, 7) is 0. The van der Waals surface area contributed by atoms with Crippen molar-refractivity contribution in [2.45, 2.75) is 4.33 Å². The minimum Gasteiger partial charge on any atom is -0.291 e. The SMILES string of the molecule is O=C1C=C(c2ccccc2)C1(Cl)Cl. The van der Waals surface area contributed by atoms with Crippen molar-refractivity contribution < 1.29 is 4.79 Å². The lowest BCUT2D eigenvalue weighted by Gasteiger charge is -2.28. The molecule has 0 heterocycles. The van der Waals surface area contributed by atoms with Crippen molar-refractivity contribution in [3.63, 3.8) is 0 Å². The smallest absolute Gasteiger partial charge is 0.205 e. The molecule has 0 unspecified atom stereocenters. The molecule has 0 amide bonds. The fraction of sp³-hybridized carbons (Fsp3) is 0.100. The van der Waals surface area contributed by atoms with E-state index in [0.717, 1.165) is 5.56 Å². The molecule has 0 bridgehead atoms. The van der Waals surface area contributed by atoms with E-state index in [4.69, 9.17) is 23.2 Å². The number of carbonyl (C=O) groups excluding carboxylic acids is 1. The third-order valence-corrected chi connectivity index (χ3v) is 2.79. The first-order valence-corrected chi connectivity index (χ1v) is 4.58. The third kappa shape index (κ3) is 1.28. The fourth-order valence-corrected chi connectivity index (χ4v) is 1.69. The van der Waals surface area contributed by atoms with Crippen LogP contribution in [0.25, 0.3) is 5.57 Å².